The molecule has 0 radical (unpaired) electrons. The van der Waals surface area contributed by atoms with Crippen LogP contribution < -0.4 is 4.72 Å². The molecule has 0 bridgehead atoms. The fourth-order valence-corrected chi connectivity index (χ4v) is 3.98. The normalized spacial score (nSPS) is 12.8. The van der Waals surface area contributed by atoms with Crippen molar-refractivity contribution in [2.24, 2.45) is 0 Å². The third-order valence-corrected chi connectivity index (χ3v) is 5.61. The lowest BCUT2D eigenvalue weighted by Gasteiger charge is -2.13. The van der Waals surface area contributed by atoms with E-state index in [0.29, 0.717) is 4.88 Å². The van der Waals surface area contributed by atoms with Crippen molar-refractivity contribution < 1.29 is 8.42 Å². The Morgan fingerprint density at radius 3 is 2.47 bits per heavy atom. The van der Waals surface area contributed by atoms with E-state index in [4.69, 9.17) is 5.26 Å². The maximum absolute atomic E-state index is 12.1. The van der Waals surface area contributed by atoms with Gasteiger partial charge < -0.3 is 0 Å². The fourth-order valence-electron chi connectivity index (χ4n) is 1.63. The van der Waals surface area contributed by atoms with Gasteiger partial charge in [0.1, 0.15) is 15.2 Å². The molecular weight excluding hydrogens is 280 g/mol. The molecule has 1 unspecified atom stereocenters. The summed E-state index contributed by atoms with van der Waals surface area (Å²) in [6, 6.07) is 13.9. The standard InChI is InChI=1S/C13H12N2O2S2/c1-10(11-5-3-2-4-6-11)15-19(16,17)13-8-7-12(9-14)18-13/h2-8,10,15H,1H3. The summed E-state index contributed by atoms with van der Waals surface area (Å²) in [5.41, 5.74) is 0.892. The second kappa shape index (κ2) is 5.53. The first-order valence-corrected chi connectivity index (χ1v) is 7.90. The minimum Gasteiger partial charge on any atom is -0.206 e. The molecule has 98 valence electrons. The topological polar surface area (TPSA) is 70.0 Å². The smallest absolute Gasteiger partial charge is 0.206 e. The van der Waals surface area contributed by atoms with Gasteiger partial charge >= 0.3 is 0 Å². The summed E-state index contributed by atoms with van der Waals surface area (Å²) in [4.78, 5) is 0.382. The third kappa shape index (κ3) is 3.20. The molecule has 2 aromatic rings. The van der Waals surface area contributed by atoms with Crippen molar-refractivity contribution in [1.29, 1.82) is 5.26 Å². The van der Waals surface area contributed by atoms with Crippen molar-refractivity contribution in [1.82, 2.24) is 4.72 Å². The number of rotatable bonds is 4. The number of nitrogens with one attached hydrogen (secondary N) is 1. The molecular formula is C13H12N2O2S2. The number of sulfonamides is 1. The Morgan fingerprint density at radius 2 is 1.89 bits per heavy atom. The summed E-state index contributed by atoms with van der Waals surface area (Å²) in [6.07, 6.45) is 0. The van der Waals surface area contributed by atoms with Crippen LogP contribution in [-0.2, 0) is 10.0 Å². The first-order chi connectivity index (χ1) is 9.03. The maximum atomic E-state index is 12.1. The lowest BCUT2D eigenvalue weighted by Crippen LogP contribution is -2.26. The number of hydrogen-bond donors (Lipinski definition) is 1. The van der Waals surface area contributed by atoms with E-state index >= 15 is 0 Å². The van der Waals surface area contributed by atoms with E-state index in [1.165, 1.54) is 12.1 Å². The SMILES string of the molecule is CC(NS(=O)(=O)c1ccc(C#N)s1)c1ccccc1. The second-order valence-corrected chi connectivity index (χ2v) is 7.01. The van der Waals surface area contributed by atoms with Gasteiger partial charge in [-0.25, -0.2) is 13.1 Å². The highest BCUT2D eigenvalue weighted by Crippen LogP contribution is 2.23. The quantitative estimate of drug-likeness (QED) is 0.941. The van der Waals surface area contributed by atoms with Gasteiger partial charge in [-0.2, -0.15) is 5.26 Å². The van der Waals surface area contributed by atoms with Crippen LogP contribution in [0.4, 0.5) is 0 Å². The zero-order chi connectivity index (χ0) is 13.9. The Hall–Kier alpha value is -1.68. The predicted molar refractivity (Wildman–Crippen MR) is 74.2 cm³/mol. The maximum Gasteiger partial charge on any atom is 0.250 e. The van der Waals surface area contributed by atoms with Gasteiger partial charge in [-0.1, -0.05) is 30.3 Å². The molecule has 4 nitrogen and oxygen atoms in total. The van der Waals surface area contributed by atoms with E-state index in [1.54, 1.807) is 6.92 Å². The van der Waals surface area contributed by atoms with E-state index in [1.807, 2.05) is 36.4 Å². The summed E-state index contributed by atoms with van der Waals surface area (Å²) in [5.74, 6) is 0. The highest BCUT2D eigenvalue weighted by Gasteiger charge is 2.20. The Kier molecular flexibility index (Phi) is 4.00. The third-order valence-electron chi connectivity index (χ3n) is 2.59. The van der Waals surface area contributed by atoms with Crippen LogP contribution in [0.3, 0.4) is 0 Å². The largest absolute Gasteiger partial charge is 0.250 e. The number of nitriles is 1. The minimum absolute atomic E-state index is 0.159. The zero-order valence-corrected chi connectivity index (χ0v) is 11.8. The molecule has 0 amide bonds. The van der Waals surface area contributed by atoms with Gasteiger partial charge in [-0.15, -0.1) is 11.3 Å². The van der Waals surface area contributed by atoms with Crippen LogP contribution in [-0.4, -0.2) is 8.42 Å². The van der Waals surface area contributed by atoms with Gasteiger partial charge in [0.25, 0.3) is 10.0 Å². The van der Waals surface area contributed by atoms with Crippen molar-refractivity contribution in [3.05, 3.63) is 52.9 Å². The van der Waals surface area contributed by atoms with Crippen LogP contribution in [0.1, 0.15) is 23.4 Å². The Balaban J connectivity index is 2.20. The van der Waals surface area contributed by atoms with Gasteiger partial charge in [0, 0.05) is 6.04 Å². The molecule has 6 heteroatoms. The molecule has 0 saturated carbocycles. The van der Waals surface area contributed by atoms with Gasteiger partial charge in [0.15, 0.2) is 0 Å². The Labute approximate surface area is 116 Å². The first-order valence-electron chi connectivity index (χ1n) is 5.60. The van der Waals surface area contributed by atoms with Gasteiger partial charge in [0.2, 0.25) is 0 Å². The van der Waals surface area contributed by atoms with Crippen molar-refractivity contribution in [3.8, 4) is 6.07 Å². The molecule has 1 heterocycles. The number of hydrogen-bond acceptors (Lipinski definition) is 4. The summed E-state index contributed by atoms with van der Waals surface area (Å²) in [7, 11) is -3.58. The van der Waals surface area contributed by atoms with Crippen LogP contribution in [0.15, 0.2) is 46.7 Å². The number of benzene rings is 1. The molecule has 19 heavy (non-hydrogen) atoms. The number of nitrogens with zero attached hydrogens (tertiary/aromatic N) is 1. The Morgan fingerprint density at radius 1 is 1.21 bits per heavy atom. The summed E-state index contributed by atoms with van der Waals surface area (Å²) in [6.45, 7) is 1.78. The van der Waals surface area contributed by atoms with E-state index in [2.05, 4.69) is 4.72 Å². The molecule has 0 aliphatic rings. The monoisotopic (exact) mass is 292 g/mol. The minimum atomic E-state index is -3.58. The molecule has 1 aromatic carbocycles. The van der Waals surface area contributed by atoms with Crippen molar-refractivity contribution >= 4 is 21.4 Å². The van der Waals surface area contributed by atoms with E-state index in [0.717, 1.165) is 16.9 Å². The van der Waals surface area contributed by atoms with Gasteiger partial charge in [-0.05, 0) is 24.6 Å². The van der Waals surface area contributed by atoms with E-state index in [-0.39, 0.29) is 10.3 Å². The highest BCUT2D eigenvalue weighted by atomic mass is 32.2. The zero-order valence-electron chi connectivity index (χ0n) is 10.2. The molecule has 1 atom stereocenters. The van der Waals surface area contributed by atoms with Gasteiger partial charge in [0.05, 0.1) is 0 Å². The number of thiophene rings is 1. The summed E-state index contributed by atoms with van der Waals surface area (Å²) < 4.78 is 27.0. The first kappa shape index (κ1) is 13.7. The predicted octanol–water partition coefficient (Wildman–Crippen LogP) is 2.66. The van der Waals surface area contributed by atoms with Crippen LogP contribution in [0.5, 0.6) is 0 Å². The average molecular weight is 292 g/mol. The van der Waals surface area contributed by atoms with E-state index < -0.39 is 10.0 Å². The summed E-state index contributed by atoms with van der Waals surface area (Å²) >= 11 is 0.965. The second-order valence-electron chi connectivity index (χ2n) is 3.98. The fraction of sp³-hybridized carbons (Fsp3) is 0.154. The van der Waals surface area contributed by atoms with Crippen LogP contribution in [0, 0.1) is 11.3 Å². The molecule has 0 aliphatic carbocycles. The Bertz CT molecular complexity index is 700. The lowest BCUT2D eigenvalue weighted by molar-refractivity contribution is 0.569. The van der Waals surface area contributed by atoms with Crippen molar-refractivity contribution in [2.45, 2.75) is 17.2 Å². The molecule has 0 spiro atoms. The van der Waals surface area contributed by atoms with Crippen LogP contribution >= 0.6 is 11.3 Å². The van der Waals surface area contributed by atoms with Crippen molar-refractivity contribution in [2.75, 3.05) is 0 Å². The lowest BCUT2D eigenvalue weighted by atomic mass is 10.1. The summed E-state index contributed by atoms with van der Waals surface area (Å²) in [5, 5.41) is 8.72. The van der Waals surface area contributed by atoms with Gasteiger partial charge in [-0.3, -0.25) is 0 Å². The van der Waals surface area contributed by atoms with Crippen LogP contribution in [0.25, 0.3) is 0 Å². The molecule has 0 aliphatic heterocycles. The van der Waals surface area contributed by atoms with E-state index in [9.17, 15) is 8.42 Å². The molecule has 1 aromatic heterocycles. The van der Waals surface area contributed by atoms with Crippen LogP contribution in [0.2, 0.25) is 0 Å². The molecule has 1 N–H and O–H groups in total. The average Bonchev–Trinajstić information content (AvgIpc) is 2.89. The highest BCUT2D eigenvalue weighted by molar-refractivity contribution is 7.91. The molecule has 0 saturated heterocycles. The molecule has 0 fully saturated rings. The molecule has 2 rings (SSSR count). The van der Waals surface area contributed by atoms with Crippen molar-refractivity contribution in [3.63, 3.8) is 0 Å².